The molecular weight excluding hydrogens is 626 g/mol. The van der Waals surface area contributed by atoms with Gasteiger partial charge in [0.1, 0.15) is 18.2 Å². The van der Waals surface area contributed by atoms with Crippen LogP contribution in [0.5, 0.6) is 0 Å². The highest BCUT2D eigenvalue weighted by Crippen LogP contribution is 2.41. The van der Waals surface area contributed by atoms with Gasteiger partial charge in [-0.25, -0.2) is 5.43 Å². The fourth-order valence-electron chi connectivity index (χ4n) is 6.70. The van der Waals surface area contributed by atoms with Gasteiger partial charge in [0.05, 0.1) is 22.7 Å². The standard InChI is InChI=1S/C37H49N5O7/c1-6-8-31(43)48-27-15-18-37(19-16-27)17-14-25-10-11-26-12-13-28(40-30(26)21-25)23(4)38-33(44)29-9-7-20-42(41-29)35(46)24(5)39-34(45)32(22(2)3)49-36(37)47/h10-14,17,21-24,27,29,32,41H,6-9,15-16,18-20H2,1-5H3,(H,38,44)(H,39,45). The van der Waals surface area contributed by atoms with Gasteiger partial charge in [0, 0.05) is 18.4 Å². The zero-order valence-corrected chi connectivity index (χ0v) is 29.1. The van der Waals surface area contributed by atoms with Crippen LogP contribution >= 0.6 is 0 Å². The van der Waals surface area contributed by atoms with E-state index < -0.39 is 47.4 Å². The maximum Gasteiger partial charge on any atom is 0.316 e. The molecule has 2 aromatic rings. The Kier molecular flexibility index (Phi) is 11.4. The summed E-state index contributed by atoms with van der Waals surface area (Å²) < 4.78 is 11.7. The number of nitrogens with one attached hydrogen (secondary N) is 3. The molecule has 3 amide bonds. The third-order valence-corrected chi connectivity index (χ3v) is 9.71. The first-order valence-corrected chi connectivity index (χ1v) is 17.6. The van der Waals surface area contributed by atoms with Gasteiger partial charge in [-0.15, -0.1) is 0 Å². The first-order valence-electron chi connectivity index (χ1n) is 17.6. The normalized spacial score (nSPS) is 28.7. The Balaban J connectivity index is 1.50. The van der Waals surface area contributed by atoms with E-state index in [1.807, 2.05) is 56.3 Å². The molecule has 1 saturated heterocycles. The van der Waals surface area contributed by atoms with Crippen LogP contribution in [0.15, 0.2) is 36.4 Å². The summed E-state index contributed by atoms with van der Waals surface area (Å²) in [6, 6.07) is 7.69. The number of amides is 3. The molecule has 12 nitrogen and oxygen atoms in total. The summed E-state index contributed by atoms with van der Waals surface area (Å²) in [6.07, 6.45) is 6.09. The van der Waals surface area contributed by atoms with Gasteiger partial charge in [0.2, 0.25) is 5.91 Å². The molecule has 3 aliphatic rings. The minimum Gasteiger partial charge on any atom is -0.462 e. The van der Waals surface area contributed by atoms with E-state index >= 15 is 0 Å². The van der Waals surface area contributed by atoms with Crippen LogP contribution in [-0.2, 0) is 33.4 Å². The summed E-state index contributed by atoms with van der Waals surface area (Å²) >= 11 is 0. The maximum absolute atomic E-state index is 14.2. The van der Waals surface area contributed by atoms with Crippen LogP contribution in [0.3, 0.4) is 0 Å². The van der Waals surface area contributed by atoms with Crippen molar-refractivity contribution >= 4 is 46.6 Å². The van der Waals surface area contributed by atoms with E-state index in [9.17, 15) is 24.0 Å². The van der Waals surface area contributed by atoms with Crippen LogP contribution in [0.2, 0.25) is 0 Å². The van der Waals surface area contributed by atoms with Gasteiger partial charge in [-0.3, -0.25) is 34.0 Å². The smallest absolute Gasteiger partial charge is 0.316 e. The molecule has 3 heterocycles. The number of carbonyl (C=O) groups excluding carboxylic acids is 5. The van der Waals surface area contributed by atoms with Gasteiger partial charge in [-0.05, 0) is 82.4 Å². The van der Waals surface area contributed by atoms with Crippen molar-refractivity contribution in [3.63, 3.8) is 0 Å². The van der Waals surface area contributed by atoms with E-state index in [-0.39, 0.29) is 23.9 Å². The first kappa shape index (κ1) is 36.0. The zero-order chi connectivity index (χ0) is 35.3. The van der Waals surface area contributed by atoms with Gasteiger partial charge >= 0.3 is 11.9 Å². The Labute approximate surface area is 287 Å². The minimum absolute atomic E-state index is 0.249. The molecule has 2 fully saturated rings. The third-order valence-electron chi connectivity index (χ3n) is 9.71. The fourth-order valence-corrected chi connectivity index (χ4v) is 6.70. The number of hydrazine groups is 1. The lowest BCUT2D eigenvalue weighted by atomic mass is 9.72. The van der Waals surface area contributed by atoms with Gasteiger partial charge in [0.25, 0.3) is 11.8 Å². The van der Waals surface area contributed by atoms with E-state index in [0.717, 1.165) is 16.5 Å². The number of rotatable bonds is 4. The maximum atomic E-state index is 14.2. The Morgan fingerprint density at radius 2 is 1.73 bits per heavy atom. The van der Waals surface area contributed by atoms with Crippen molar-refractivity contribution < 1.29 is 33.4 Å². The minimum atomic E-state index is -1.15. The van der Waals surface area contributed by atoms with Crippen molar-refractivity contribution in [2.24, 2.45) is 11.3 Å². The molecule has 5 rings (SSSR count). The first-order chi connectivity index (χ1) is 23.4. The number of pyridine rings is 1. The van der Waals surface area contributed by atoms with Crippen LogP contribution in [0.4, 0.5) is 0 Å². The summed E-state index contributed by atoms with van der Waals surface area (Å²) in [4.78, 5) is 71.6. The number of nitrogens with zero attached hydrogens (tertiary/aromatic N) is 2. The molecule has 4 unspecified atom stereocenters. The number of cyclic esters (lactones) is 1. The van der Waals surface area contributed by atoms with Crippen molar-refractivity contribution in [2.45, 2.75) is 116 Å². The molecule has 0 radical (unpaired) electrons. The largest absolute Gasteiger partial charge is 0.462 e. The average Bonchev–Trinajstić information content (AvgIpc) is 3.09. The van der Waals surface area contributed by atoms with E-state index in [2.05, 4.69) is 16.1 Å². The summed E-state index contributed by atoms with van der Waals surface area (Å²) in [5.41, 5.74) is 4.20. The Hall–Kier alpha value is -4.32. The summed E-state index contributed by atoms with van der Waals surface area (Å²) in [7, 11) is 0. The van der Waals surface area contributed by atoms with Crippen molar-refractivity contribution in [1.29, 1.82) is 0 Å². The van der Waals surface area contributed by atoms with Gasteiger partial charge in [-0.2, -0.15) is 0 Å². The number of ether oxygens (including phenoxy) is 2. The zero-order valence-electron chi connectivity index (χ0n) is 29.1. The van der Waals surface area contributed by atoms with E-state index in [1.54, 1.807) is 20.8 Å². The van der Waals surface area contributed by atoms with Crippen LogP contribution in [0.1, 0.15) is 103 Å². The second-order valence-electron chi connectivity index (χ2n) is 14.0. The summed E-state index contributed by atoms with van der Waals surface area (Å²) in [5, 5.41) is 8.07. The number of hydrogen-bond acceptors (Lipinski definition) is 9. The molecule has 1 aromatic heterocycles. The highest BCUT2D eigenvalue weighted by Gasteiger charge is 2.44. The molecule has 1 saturated carbocycles. The Morgan fingerprint density at radius 1 is 1.02 bits per heavy atom. The van der Waals surface area contributed by atoms with Gasteiger partial charge in [-0.1, -0.05) is 51.1 Å². The number of benzene rings is 1. The van der Waals surface area contributed by atoms with Crippen molar-refractivity contribution in [2.75, 3.05) is 6.54 Å². The van der Waals surface area contributed by atoms with Gasteiger partial charge < -0.3 is 20.1 Å². The van der Waals surface area contributed by atoms with Gasteiger partial charge in [0.15, 0.2) is 6.10 Å². The van der Waals surface area contributed by atoms with Crippen molar-refractivity contribution in [3.8, 4) is 0 Å². The molecule has 1 aliphatic carbocycles. The predicted molar refractivity (Wildman–Crippen MR) is 183 cm³/mol. The third kappa shape index (κ3) is 8.46. The summed E-state index contributed by atoms with van der Waals surface area (Å²) in [5.74, 6) is -2.41. The topological polar surface area (TPSA) is 156 Å². The quantitative estimate of drug-likeness (QED) is 0.403. The second-order valence-corrected chi connectivity index (χ2v) is 14.0. The SMILES string of the molecule is CCCC(=O)OC1CCC2(C=Cc3ccc4ccc(nc4c3)C(C)NC(=O)C3CCCN(N3)C(=O)C(C)NC(=O)C(C(C)C)OC2=O)CC1. The van der Waals surface area contributed by atoms with Crippen LogP contribution in [0, 0.1) is 11.3 Å². The molecular formula is C37H49N5O7. The fraction of sp³-hybridized carbons (Fsp3) is 0.568. The molecule has 4 atom stereocenters. The van der Waals surface area contributed by atoms with Crippen LogP contribution in [0.25, 0.3) is 17.0 Å². The summed E-state index contributed by atoms with van der Waals surface area (Å²) in [6.45, 7) is 9.30. The second kappa shape index (κ2) is 15.5. The van der Waals surface area contributed by atoms with E-state index in [1.165, 1.54) is 5.01 Å². The lowest BCUT2D eigenvalue weighted by molar-refractivity contribution is -0.170. The van der Waals surface area contributed by atoms with Crippen molar-refractivity contribution in [1.82, 2.24) is 26.1 Å². The number of hydrogen-bond donors (Lipinski definition) is 3. The number of aromatic nitrogens is 1. The molecule has 1 spiro atoms. The van der Waals surface area contributed by atoms with Crippen LogP contribution < -0.4 is 16.1 Å². The van der Waals surface area contributed by atoms with E-state index in [0.29, 0.717) is 63.6 Å². The monoisotopic (exact) mass is 675 g/mol. The molecule has 1 aromatic carbocycles. The highest BCUT2D eigenvalue weighted by molar-refractivity contribution is 5.92. The molecule has 2 aliphatic heterocycles. The molecule has 12 heteroatoms. The molecule has 5 bridgehead atoms. The predicted octanol–water partition coefficient (Wildman–Crippen LogP) is 4.28. The number of esters is 2. The molecule has 3 N–H and O–H groups in total. The van der Waals surface area contributed by atoms with Crippen LogP contribution in [-0.4, -0.2) is 70.5 Å². The highest BCUT2D eigenvalue weighted by atomic mass is 16.6. The number of fused-ring (bicyclic) bond motifs is 4. The van der Waals surface area contributed by atoms with E-state index in [4.69, 9.17) is 14.5 Å². The number of carbonyl (C=O) groups is 5. The van der Waals surface area contributed by atoms with Crippen molar-refractivity contribution in [3.05, 3.63) is 47.7 Å². The molecule has 264 valence electrons. The Bertz CT molecular complexity index is 1600. The Morgan fingerprint density at radius 3 is 2.45 bits per heavy atom. The molecule has 49 heavy (non-hydrogen) atoms. The lowest BCUT2D eigenvalue weighted by Gasteiger charge is -2.37. The lowest BCUT2D eigenvalue weighted by Crippen LogP contribution is -2.61. The average molecular weight is 676 g/mol.